The van der Waals surface area contributed by atoms with Crippen LogP contribution in [0.5, 0.6) is 11.5 Å². The lowest BCUT2D eigenvalue weighted by Gasteiger charge is -2.22. The van der Waals surface area contributed by atoms with E-state index in [-0.39, 0.29) is 0 Å². The molecule has 2 nitrogen and oxygen atoms in total. The van der Waals surface area contributed by atoms with E-state index in [4.69, 9.17) is 4.74 Å². The highest BCUT2D eigenvalue weighted by atomic mass is 16.5. The topological polar surface area (TPSA) is 14.2 Å². The van der Waals surface area contributed by atoms with Crippen LogP contribution in [0, 0.1) is 6.92 Å². The van der Waals surface area contributed by atoms with E-state index in [2.05, 4.69) is 109 Å². The van der Waals surface area contributed by atoms with Crippen molar-refractivity contribution in [2.45, 2.75) is 6.92 Å². The van der Waals surface area contributed by atoms with Crippen molar-refractivity contribution in [1.82, 2.24) is 4.57 Å². The highest BCUT2D eigenvalue weighted by Gasteiger charge is 2.24. The fourth-order valence-electron chi connectivity index (χ4n) is 5.88. The van der Waals surface area contributed by atoms with E-state index < -0.39 is 0 Å². The van der Waals surface area contributed by atoms with Crippen LogP contribution in [0.2, 0.25) is 0 Å². The molecule has 1 aromatic heterocycles. The van der Waals surface area contributed by atoms with Crippen molar-refractivity contribution in [2.75, 3.05) is 0 Å². The van der Waals surface area contributed by atoms with Crippen LogP contribution in [0.15, 0.2) is 97.1 Å². The van der Waals surface area contributed by atoms with Crippen molar-refractivity contribution in [3.63, 3.8) is 0 Å². The third-order valence-corrected chi connectivity index (χ3v) is 7.25. The van der Waals surface area contributed by atoms with Crippen LogP contribution in [-0.2, 0) is 0 Å². The molecule has 0 fully saturated rings. The highest BCUT2D eigenvalue weighted by Crippen LogP contribution is 2.50. The Morgan fingerprint density at radius 1 is 0.606 bits per heavy atom. The Morgan fingerprint density at radius 2 is 1.36 bits per heavy atom. The van der Waals surface area contributed by atoms with Crippen LogP contribution in [0.3, 0.4) is 0 Å². The number of hydrogen-bond donors (Lipinski definition) is 0. The lowest BCUT2D eigenvalue weighted by Crippen LogP contribution is -2.05. The first kappa shape index (κ1) is 17.3. The summed E-state index contributed by atoms with van der Waals surface area (Å²) in [4.78, 5) is 0. The summed E-state index contributed by atoms with van der Waals surface area (Å²) < 4.78 is 8.74. The number of benzene rings is 5. The predicted octanol–water partition coefficient (Wildman–Crippen LogP) is 8.51. The maximum Gasteiger partial charge on any atom is 0.152 e. The Labute approximate surface area is 191 Å². The van der Waals surface area contributed by atoms with Gasteiger partial charge in [0.05, 0.1) is 11.2 Å². The molecular formula is C31H19NO. The maximum atomic E-state index is 6.43. The van der Waals surface area contributed by atoms with Crippen molar-refractivity contribution in [3.05, 3.63) is 103 Å². The molecule has 0 N–H and O–H groups in total. The Kier molecular flexibility index (Phi) is 3.11. The number of fused-ring (bicyclic) bond motifs is 5. The lowest BCUT2D eigenvalue weighted by molar-refractivity contribution is 0.475. The van der Waals surface area contributed by atoms with Gasteiger partial charge < -0.3 is 9.30 Å². The molecule has 1 aliphatic carbocycles. The van der Waals surface area contributed by atoms with Gasteiger partial charge in [-0.1, -0.05) is 72.8 Å². The Hall–Kier alpha value is -4.30. The van der Waals surface area contributed by atoms with E-state index in [1.54, 1.807) is 0 Å². The summed E-state index contributed by atoms with van der Waals surface area (Å²) in [5, 5.41) is 3.85. The van der Waals surface area contributed by atoms with E-state index in [0.717, 1.165) is 22.7 Å². The molecule has 6 aromatic rings. The Bertz CT molecular complexity index is 1780. The average molecular weight is 421 g/mol. The molecule has 2 heteroatoms. The van der Waals surface area contributed by atoms with Gasteiger partial charge in [-0.05, 0) is 75.3 Å². The van der Waals surface area contributed by atoms with Crippen molar-refractivity contribution >= 4 is 21.7 Å². The molecular weight excluding hydrogens is 402 g/mol. The molecule has 0 amide bonds. The standard InChI is InChI=1S/C31H19NO/c1-18-16-20-6-4-11-28-31(20)32(18)27-15-12-19(17-29(27)33-28)21-13-14-26-23-8-3-2-7-22(23)25-10-5-9-24(21)30(25)26/h2-17H,1H3. The lowest BCUT2D eigenvalue weighted by atomic mass is 9.94. The minimum absolute atomic E-state index is 0.901. The van der Waals surface area contributed by atoms with Gasteiger partial charge in [-0.3, -0.25) is 0 Å². The number of rotatable bonds is 1. The van der Waals surface area contributed by atoms with E-state index in [9.17, 15) is 0 Å². The fraction of sp³-hybridized carbons (Fsp3) is 0.0323. The molecule has 0 bridgehead atoms. The second-order valence-corrected chi connectivity index (χ2v) is 9.03. The van der Waals surface area contributed by atoms with Gasteiger partial charge in [0.15, 0.2) is 11.5 Å². The van der Waals surface area contributed by atoms with Crippen LogP contribution in [0.4, 0.5) is 0 Å². The van der Waals surface area contributed by atoms with Gasteiger partial charge in [0.25, 0.3) is 0 Å². The molecule has 33 heavy (non-hydrogen) atoms. The molecule has 0 atom stereocenters. The van der Waals surface area contributed by atoms with Gasteiger partial charge in [0, 0.05) is 11.1 Å². The van der Waals surface area contributed by atoms with Gasteiger partial charge in [-0.25, -0.2) is 0 Å². The van der Waals surface area contributed by atoms with E-state index in [1.165, 1.54) is 55.2 Å². The summed E-state index contributed by atoms with van der Waals surface area (Å²) in [6.45, 7) is 2.16. The third kappa shape index (κ3) is 2.13. The average Bonchev–Trinajstić information content (AvgIpc) is 3.37. The van der Waals surface area contributed by atoms with Crippen molar-refractivity contribution in [1.29, 1.82) is 0 Å². The van der Waals surface area contributed by atoms with Crippen LogP contribution in [0.25, 0.3) is 60.7 Å². The summed E-state index contributed by atoms with van der Waals surface area (Å²) >= 11 is 0. The minimum Gasteiger partial charge on any atom is -0.453 e. The van der Waals surface area contributed by atoms with Gasteiger partial charge in [0.2, 0.25) is 0 Å². The minimum atomic E-state index is 0.901. The van der Waals surface area contributed by atoms with Gasteiger partial charge >= 0.3 is 0 Å². The van der Waals surface area contributed by atoms with Crippen molar-refractivity contribution in [3.8, 4) is 50.6 Å². The number of aryl methyl sites for hydroxylation is 1. The monoisotopic (exact) mass is 421 g/mol. The molecule has 154 valence electrons. The Balaban J connectivity index is 1.36. The molecule has 0 spiro atoms. The van der Waals surface area contributed by atoms with Gasteiger partial charge in [-0.15, -0.1) is 0 Å². The predicted molar refractivity (Wildman–Crippen MR) is 135 cm³/mol. The summed E-state index contributed by atoms with van der Waals surface area (Å²) in [5.74, 6) is 1.82. The number of hydrogen-bond acceptors (Lipinski definition) is 1. The zero-order chi connectivity index (χ0) is 21.7. The molecule has 8 rings (SSSR count). The largest absolute Gasteiger partial charge is 0.453 e. The summed E-state index contributed by atoms with van der Waals surface area (Å²) in [5.41, 5.74) is 11.2. The maximum absolute atomic E-state index is 6.43. The van der Waals surface area contributed by atoms with Crippen LogP contribution >= 0.6 is 0 Å². The quantitative estimate of drug-likeness (QED) is 0.259. The van der Waals surface area contributed by atoms with Crippen LogP contribution in [0.1, 0.15) is 5.69 Å². The second kappa shape index (κ2) is 5.93. The van der Waals surface area contributed by atoms with Crippen molar-refractivity contribution in [2.24, 2.45) is 0 Å². The summed E-state index contributed by atoms with van der Waals surface area (Å²) in [7, 11) is 0. The van der Waals surface area contributed by atoms with Crippen LogP contribution < -0.4 is 4.74 Å². The summed E-state index contributed by atoms with van der Waals surface area (Å²) in [6, 6.07) is 35.1. The SMILES string of the molecule is Cc1cc2cccc3c2n1-c1ccc(-c2ccc4c5c(cccc25)-c2ccccc2-4)cc1O3. The molecule has 0 saturated heterocycles. The first-order valence-corrected chi connectivity index (χ1v) is 11.4. The first-order valence-electron chi connectivity index (χ1n) is 11.4. The molecule has 0 saturated carbocycles. The van der Waals surface area contributed by atoms with Gasteiger partial charge in [0.1, 0.15) is 0 Å². The first-order chi connectivity index (χ1) is 16.3. The number of ether oxygens (including phenoxy) is 1. The van der Waals surface area contributed by atoms with Crippen molar-refractivity contribution < 1.29 is 4.74 Å². The molecule has 1 aliphatic heterocycles. The molecule has 0 radical (unpaired) electrons. The number of aromatic nitrogens is 1. The Morgan fingerprint density at radius 3 is 2.24 bits per heavy atom. The summed E-state index contributed by atoms with van der Waals surface area (Å²) in [6.07, 6.45) is 0. The fourth-order valence-corrected chi connectivity index (χ4v) is 5.88. The highest BCUT2D eigenvalue weighted by molar-refractivity contribution is 6.18. The second-order valence-electron chi connectivity index (χ2n) is 9.03. The van der Waals surface area contributed by atoms with E-state index in [1.807, 2.05) is 0 Å². The molecule has 2 heterocycles. The van der Waals surface area contributed by atoms with Gasteiger partial charge in [-0.2, -0.15) is 0 Å². The molecule has 0 unspecified atom stereocenters. The zero-order valence-corrected chi connectivity index (χ0v) is 18.1. The molecule has 5 aromatic carbocycles. The van der Waals surface area contributed by atoms with E-state index >= 15 is 0 Å². The normalized spacial score (nSPS) is 12.6. The number of nitrogens with zero attached hydrogens (tertiary/aromatic N) is 1. The zero-order valence-electron chi connectivity index (χ0n) is 18.1. The van der Waals surface area contributed by atoms with E-state index in [0.29, 0.717) is 0 Å². The smallest absolute Gasteiger partial charge is 0.152 e. The van der Waals surface area contributed by atoms with Crippen LogP contribution in [-0.4, -0.2) is 4.57 Å². The molecule has 2 aliphatic rings. The number of para-hydroxylation sites is 1. The third-order valence-electron chi connectivity index (χ3n) is 7.25.